The maximum absolute atomic E-state index is 14.5. The van der Waals surface area contributed by atoms with Gasteiger partial charge in [0.2, 0.25) is 11.7 Å². The number of benzene rings is 3. The zero-order chi connectivity index (χ0) is 37.1. The van der Waals surface area contributed by atoms with Crippen molar-refractivity contribution < 1.29 is 24.6 Å². The van der Waals surface area contributed by atoms with E-state index < -0.39 is 16.6 Å². The van der Waals surface area contributed by atoms with Crippen LogP contribution in [0.1, 0.15) is 79.6 Å². The fourth-order valence-electron chi connectivity index (χ4n) is 6.17. The number of imidazole rings is 1. The molecule has 0 saturated carbocycles. The van der Waals surface area contributed by atoms with Crippen LogP contribution in [0.3, 0.4) is 0 Å². The highest BCUT2D eigenvalue weighted by Gasteiger charge is 2.33. The summed E-state index contributed by atoms with van der Waals surface area (Å²) in [5, 5.41) is 38.3. The molecule has 2 heterocycles. The molecule has 0 bridgehead atoms. The van der Waals surface area contributed by atoms with Gasteiger partial charge in [-0.2, -0.15) is 5.21 Å². The zero-order valence-electron chi connectivity index (χ0n) is 29.6. The molecule has 0 radical (unpaired) electrons. The average molecular weight is 709 g/mol. The Balaban J connectivity index is 1.43. The van der Waals surface area contributed by atoms with Crippen molar-refractivity contribution in [2.75, 3.05) is 13.2 Å². The summed E-state index contributed by atoms with van der Waals surface area (Å²) in [6.45, 7) is 5.80. The van der Waals surface area contributed by atoms with Crippen molar-refractivity contribution in [2.45, 2.75) is 71.4 Å². The molecule has 0 aliphatic rings. The smallest absolute Gasteiger partial charge is 0.294 e. The number of aryl methyl sites for hydroxylation is 1. The van der Waals surface area contributed by atoms with Crippen LogP contribution in [-0.2, 0) is 34.6 Å². The molecule has 5 aromatic rings. The molecule has 52 heavy (non-hydrogen) atoms. The van der Waals surface area contributed by atoms with Gasteiger partial charge >= 0.3 is 0 Å². The summed E-state index contributed by atoms with van der Waals surface area (Å²) in [7, 11) is 0. The number of Topliss-reactive ketones (excluding diaryl/α,β-unsaturated/α-hetero) is 1. The lowest BCUT2D eigenvalue weighted by Gasteiger charge is -2.21. The number of unbranched alkanes of at least 4 members (excludes halogenated alkanes) is 1. The molecule has 1 unspecified atom stereocenters. The highest BCUT2D eigenvalue weighted by atomic mass is 16.9. The number of hydrogen-bond acceptors (Lipinski definition) is 10. The van der Waals surface area contributed by atoms with E-state index in [0.717, 1.165) is 34.2 Å². The first-order chi connectivity index (χ1) is 25.0. The quantitative estimate of drug-likeness (QED) is 0.0428. The molecule has 14 nitrogen and oxygen atoms in total. The Morgan fingerprint density at radius 3 is 2.37 bits per heavy atom. The Labute approximate surface area is 301 Å². The Bertz CT molecular complexity index is 1940. The number of hydrogen-bond donors (Lipinski definition) is 3. The van der Waals surface area contributed by atoms with Crippen molar-refractivity contribution in [3.63, 3.8) is 0 Å². The van der Waals surface area contributed by atoms with Gasteiger partial charge in [-0.1, -0.05) is 85.8 Å². The van der Waals surface area contributed by atoms with Gasteiger partial charge in [-0.3, -0.25) is 9.59 Å². The van der Waals surface area contributed by atoms with E-state index in [0.29, 0.717) is 43.9 Å². The molecule has 0 saturated heterocycles. The lowest BCUT2D eigenvalue weighted by Crippen LogP contribution is -2.35. The van der Waals surface area contributed by atoms with E-state index >= 15 is 0 Å². The first kappa shape index (κ1) is 37.5. The molecule has 3 N–H and O–H groups in total. The number of carbonyl (C=O) groups excluding carboxylic acids is 2. The van der Waals surface area contributed by atoms with E-state index in [1.807, 2.05) is 90.4 Å². The molecule has 272 valence electrons. The topological polar surface area (TPSA) is 191 Å². The predicted octanol–water partition coefficient (Wildman–Crippen LogP) is 5.49. The van der Waals surface area contributed by atoms with Crippen LogP contribution in [0.2, 0.25) is 0 Å². The summed E-state index contributed by atoms with van der Waals surface area (Å²) < 4.78 is 1.88. The summed E-state index contributed by atoms with van der Waals surface area (Å²) >= 11 is 0. The van der Waals surface area contributed by atoms with Gasteiger partial charge in [0.05, 0.1) is 6.61 Å². The third-order valence-electron chi connectivity index (χ3n) is 8.68. The molecule has 2 aromatic heterocycles. The van der Waals surface area contributed by atoms with Gasteiger partial charge in [0, 0.05) is 37.4 Å². The molecule has 0 fully saturated rings. The fraction of sp³-hybridized carbons (Fsp3) is 0.368. The Hall–Kier alpha value is -5.76. The van der Waals surface area contributed by atoms with Gasteiger partial charge in [-0.25, -0.2) is 4.98 Å². The summed E-state index contributed by atoms with van der Waals surface area (Å²) in [6, 6.07) is 25.3. The Morgan fingerprint density at radius 1 is 1.00 bits per heavy atom. The van der Waals surface area contributed by atoms with Gasteiger partial charge in [-0.05, 0) is 67.0 Å². The number of aromatic amines is 1. The van der Waals surface area contributed by atoms with Gasteiger partial charge in [0.25, 0.3) is 5.09 Å². The van der Waals surface area contributed by atoms with Gasteiger partial charge in [0.15, 0.2) is 5.78 Å². The summed E-state index contributed by atoms with van der Waals surface area (Å²) in [5.74, 6) is -0.139. The van der Waals surface area contributed by atoms with Crippen molar-refractivity contribution in [1.82, 2.24) is 35.5 Å². The SMILES string of the molecule is CCCc1nc(C(C)(C)O)c(C(=O)CC(Cc2ccccc2)C(=O)NCCCCO[N+](=O)[O-])n1Cc1ccc(-c2ccccc2-c2nn[nH]n2)cc1. The van der Waals surface area contributed by atoms with Gasteiger partial charge < -0.3 is 19.8 Å². The standard InChI is InChI=1S/C38H44N8O6/c1-4-12-33-40-35(38(2,3)49)34(32(47)24-29(23-26-13-6-5-7-14-26)37(48)39-21-10-11-22-52-46(50)51)45(33)25-27-17-19-28(20-18-27)30-15-8-9-16-31(30)36-41-43-44-42-36/h5-9,13-20,29,49H,4,10-12,21-25H2,1-3H3,(H,39,48)(H,41,42,43,44). The molecule has 0 spiro atoms. The fourth-order valence-corrected chi connectivity index (χ4v) is 6.17. The van der Waals surface area contributed by atoms with Crippen LogP contribution < -0.4 is 5.32 Å². The highest BCUT2D eigenvalue weighted by Crippen LogP contribution is 2.31. The molecule has 5 rings (SSSR count). The number of rotatable bonds is 19. The number of nitrogens with one attached hydrogen (secondary N) is 2. The minimum Gasteiger partial charge on any atom is -0.384 e. The van der Waals surface area contributed by atoms with E-state index in [2.05, 4.69) is 30.8 Å². The lowest BCUT2D eigenvalue weighted by molar-refractivity contribution is -0.757. The molecule has 0 aliphatic heterocycles. The van der Waals surface area contributed by atoms with Crippen LogP contribution >= 0.6 is 0 Å². The summed E-state index contributed by atoms with van der Waals surface area (Å²) in [6.07, 6.45) is 2.43. The van der Waals surface area contributed by atoms with E-state index in [4.69, 9.17) is 4.98 Å². The maximum Gasteiger partial charge on any atom is 0.294 e. The number of aliphatic hydroxyl groups is 1. The second-order valence-electron chi connectivity index (χ2n) is 13.2. The molecular formula is C38H44N8O6. The minimum atomic E-state index is -1.43. The van der Waals surface area contributed by atoms with Crippen LogP contribution in [0, 0.1) is 16.0 Å². The number of amides is 1. The van der Waals surface area contributed by atoms with Crippen molar-refractivity contribution >= 4 is 11.7 Å². The maximum atomic E-state index is 14.5. The first-order valence-corrected chi connectivity index (χ1v) is 17.4. The lowest BCUT2D eigenvalue weighted by atomic mass is 9.90. The van der Waals surface area contributed by atoms with E-state index in [1.54, 1.807) is 13.8 Å². The Morgan fingerprint density at radius 2 is 1.71 bits per heavy atom. The van der Waals surface area contributed by atoms with E-state index in [9.17, 15) is 24.8 Å². The van der Waals surface area contributed by atoms with Crippen LogP contribution in [0.4, 0.5) is 0 Å². The van der Waals surface area contributed by atoms with Crippen molar-refractivity contribution in [1.29, 1.82) is 0 Å². The molecular weight excluding hydrogens is 664 g/mol. The molecule has 14 heteroatoms. The second-order valence-corrected chi connectivity index (χ2v) is 13.2. The normalized spacial score (nSPS) is 12.0. The monoisotopic (exact) mass is 708 g/mol. The van der Waals surface area contributed by atoms with Crippen molar-refractivity contribution in [2.24, 2.45) is 5.92 Å². The molecule has 0 aliphatic carbocycles. The van der Waals surface area contributed by atoms with E-state index in [1.165, 1.54) is 0 Å². The molecule has 3 aromatic carbocycles. The second kappa shape index (κ2) is 17.4. The number of nitrogens with zero attached hydrogens (tertiary/aromatic N) is 6. The van der Waals surface area contributed by atoms with Crippen LogP contribution in [0.5, 0.6) is 0 Å². The van der Waals surface area contributed by atoms with Gasteiger partial charge in [0.1, 0.15) is 22.8 Å². The minimum absolute atomic E-state index is 0.0606. The zero-order valence-corrected chi connectivity index (χ0v) is 29.6. The third kappa shape index (κ3) is 9.72. The van der Waals surface area contributed by atoms with Crippen molar-refractivity contribution in [3.05, 3.63) is 117 Å². The van der Waals surface area contributed by atoms with Crippen LogP contribution in [0.15, 0.2) is 78.9 Å². The molecule has 1 atom stereocenters. The van der Waals surface area contributed by atoms with Gasteiger partial charge in [-0.15, -0.1) is 20.3 Å². The number of ketones is 1. The predicted molar refractivity (Wildman–Crippen MR) is 193 cm³/mol. The van der Waals surface area contributed by atoms with Crippen molar-refractivity contribution in [3.8, 4) is 22.5 Å². The highest BCUT2D eigenvalue weighted by molar-refractivity contribution is 5.98. The number of carbonyl (C=O) groups is 2. The Kier molecular flexibility index (Phi) is 12.6. The van der Waals surface area contributed by atoms with Crippen LogP contribution in [-0.4, -0.2) is 65.2 Å². The third-order valence-corrected chi connectivity index (χ3v) is 8.68. The summed E-state index contributed by atoms with van der Waals surface area (Å²) in [5.41, 5.74) is 3.69. The largest absolute Gasteiger partial charge is 0.384 e. The number of H-pyrrole nitrogens is 1. The van der Waals surface area contributed by atoms with Crippen LogP contribution in [0.25, 0.3) is 22.5 Å². The average Bonchev–Trinajstić information content (AvgIpc) is 3.79. The first-order valence-electron chi connectivity index (χ1n) is 17.4. The van der Waals surface area contributed by atoms with E-state index in [-0.39, 0.29) is 42.7 Å². The molecule has 1 amide bonds. The number of tetrazole rings is 1. The number of aromatic nitrogens is 6. The summed E-state index contributed by atoms with van der Waals surface area (Å²) in [4.78, 5) is 47.7.